The van der Waals surface area contributed by atoms with Crippen molar-refractivity contribution >= 4 is 10.4 Å². The number of rotatable bonds is 10. The second kappa shape index (κ2) is 8.88. The van der Waals surface area contributed by atoms with Crippen molar-refractivity contribution in [1.29, 1.82) is 0 Å². The maximum Gasteiger partial charge on any atom is 0.397 e. The van der Waals surface area contributed by atoms with Crippen LogP contribution in [0.5, 0.6) is 0 Å². The fourth-order valence-electron chi connectivity index (χ4n) is 1.93. The van der Waals surface area contributed by atoms with Gasteiger partial charge in [-0.15, -0.1) is 0 Å². The summed E-state index contributed by atoms with van der Waals surface area (Å²) in [4.78, 5) is 0. The predicted octanol–water partition coefficient (Wildman–Crippen LogP) is 3.68. The summed E-state index contributed by atoms with van der Waals surface area (Å²) < 4.78 is 33.6. The zero-order valence-corrected chi connectivity index (χ0v) is 12.9. The van der Waals surface area contributed by atoms with E-state index in [9.17, 15) is 8.42 Å². The van der Waals surface area contributed by atoms with Crippen LogP contribution in [0.1, 0.15) is 59.8 Å². The third-order valence-corrected chi connectivity index (χ3v) is 4.16. The molecule has 0 saturated heterocycles. The molecular formula is C13H28O4S. The summed E-state index contributed by atoms with van der Waals surface area (Å²) in [5.41, 5.74) is 0. The van der Waals surface area contributed by atoms with Crippen molar-refractivity contribution in [2.24, 2.45) is 17.8 Å². The normalized spacial score (nSPS) is 17.4. The van der Waals surface area contributed by atoms with E-state index in [1.165, 1.54) is 19.3 Å². The molecule has 0 radical (unpaired) electrons. The van der Waals surface area contributed by atoms with Gasteiger partial charge in [-0.05, 0) is 24.2 Å². The van der Waals surface area contributed by atoms with Gasteiger partial charge < -0.3 is 0 Å². The first-order valence-electron chi connectivity index (χ1n) is 6.88. The van der Waals surface area contributed by atoms with Gasteiger partial charge >= 0.3 is 10.4 Å². The van der Waals surface area contributed by atoms with Crippen LogP contribution in [0.4, 0.5) is 0 Å². The first-order chi connectivity index (χ1) is 8.26. The maximum atomic E-state index is 10.4. The van der Waals surface area contributed by atoms with Crippen LogP contribution < -0.4 is 0 Å². The lowest BCUT2D eigenvalue weighted by molar-refractivity contribution is 0.221. The van der Waals surface area contributed by atoms with Crippen LogP contribution in [0, 0.1) is 17.8 Å². The molecule has 0 spiro atoms. The summed E-state index contributed by atoms with van der Waals surface area (Å²) in [6.45, 7) is 8.80. The highest BCUT2D eigenvalue weighted by Gasteiger charge is 2.11. The van der Waals surface area contributed by atoms with Gasteiger partial charge in [0.25, 0.3) is 0 Å². The van der Waals surface area contributed by atoms with Crippen LogP contribution in [-0.4, -0.2) is 19.6 Å². The molecule has 0 aromatic heterocycles. The van der Waals surface area contributed by atoms with Gasteiger partial charge in [0.1, 0.15) is 0 Å². The van der Waals surface area contributed by atoms with Gasteiger partial charge in [-0.25, -0.2) is 4.18 Å². The minimum Gasteiger partial charge on any atom is -0.264 e. The smallest absolute Gasteiger partial charge is 0.264 e. The Hall–Kier alpha value is -0.130. The first kappa shape index (κ1) is 17.9. The zero-order valence-electron chi connectivity index (χ0n) is 12.1. The van der Waals surface area contributed by atoms with E-state index in [4.69, 9.17) is 4.55 Å². The molecule has 3 atom stereocenters. The van der Waals surface area contributed by atoms with Crippen LogP contribution in [-0.2, 0) is 14.6 Å². The van der Waals surface area contributed by atoms with E-state index in [1.807, 2.05) is 6.92 Å². The summed E-state index contributed by atoms with van der Waals surface area (Å²) in [6.07, 6.45) is 5.63. The van der Waals surface area contributed by atoms with Gasteiger partial charge in [-0.2, -0.15) is 8.42 Å². The third kappa shape index (κ3) is 9.85. The second-order valence-electron chi connectivity index (χ2n) is 5.46. The minimum atomic E-state index is -4.28. The largest absolute Gasteiger partial charge is 0.397 e. The lowest BCUT2D eigenvalue weighted by Gasteiger charge is -2.18. The van der Waals surface area contributed by atoms with E-state index in [1.54, 1.807) is 0 Å². The highest BCUT2D eigenvalue weighted by molar-refractivity contribution is 7.80. The molecule has 18 heavy (non-hydrogen) atoms. The molecule has 0 aliphatic carbocycles. The van der Waals surface area contributed by atoms with Crippen LogP contribution in [0.15, 0.2) is 0 Å². The Bertz CT molecular complexity index is 300. The summed E-state index contributed by atoms with van der Waals surface area (Å²) in [7, 11) is -4.28. The van der Waals surface area contributed by atoms with E-state index in [0.717, 1.165) is 24.7 Å². The Morgan fingerprint density at radius 3 is 2.11 bits per heavy atom. The van der Waals surface area contributed by atoms with Crippen molar-refractivity contribution < 1.29 is 17.2 Å². The average molecular weight is 280 g/mol. The van der Waals surface area contributed by atoms with Crippen molar-refractivity contribution in [3.05, 3.63) is 0 Å². The summed E-state index contributed by atoms with van der Waals surface area (Å²) in [5.74, 6) is 1.68. The Morgan fingerprint density at radius 1 is 1.06 bits per heavy atom. The van der Waals surface area contributed by atoms with E-state index in [2.05, 4.69) is 25.0 Å². The van der Waals surface area contributed by atoms with E-state index in [0.29, 0.717) is 0 Å². The van der Waals surface area contributed by atoms with E-state index < -0.39 is 10.4 Å². The standard InChI is InChI=1S/C13H28O4S/c1-5-12(3)13(4)9-7-6-8-11(2)10-17-18(14,15)16/h11-13H,5-10H2,1-4H3,(H,14,15,16). The molecule has 110 valence electrons. The lowest BCUT2D eigenvalue weighted by atomic mass is 9.88. The Morgan fingerprint density at radius 2 is 1.61 bits per heavy atom. The summed E-state index contributed by atoms with van der Waals surface area (Å²) in [6, 6.07) is 0. The highest BCUT2D eigenvalue weighted by Crippen LogP contribution is 2.21. The molecule has 0 amide bonds. The molecule has 0 aromatic carbocycles. The fourth-order valence-corrected chi connectivity index (χ4v) is 2.34. The van der Waals surface area contributed by atoms with Crippen molar-refractivity contribution in [3.63, 3.8) is 0 Å². The monoisotopic (exact) mass is 280 g/mol. The topological polar surface area (TPSA) is 63.6 Å². The van der Waals surface area contributed by atoms with Crippen LogP contribution in [0.25, 0.3) is 0 Å². The summed E-state index contributed by atoms with van der Waals surface area (Å²) in [5, 5.41) is 0. The minimum absolute atomic E-state index is 0.0692. The van der Waals surface area contributed by atoms with Gasteiger partial charge in [0.15, 0.2) is 0 Å². The van der Waals surface area contributed by atoms with Crippen molar-refractivity contribution in [2.45, 2.75) is 59.8 Å². The van der Waals surface area contributed by atoms with Crippen LogP contribution in [0.3, 0.4) is 0 Å². The average Bonchev–Trinajstić information content (AvgIpc) is 2.29. The lowest BCUT2D eigenvalue weighted by Crippen LogP contribution is -2.11. The third-order valence-electron chi connectivity index (χ3n) is 3.72. The molecular weight excluding hydrogens is 252 g/mol. The number of hydrogen-bond acceptors (Lipinski definition) is 3. The zero-order chi connectivity index (χ0) is 14.2. The molecule has 0 aliphatic heterocycles. The van der Waals surface area contributed by atoms with Crippen molar-refractivity contribution in [3.8, 4) is 0 Å². The Labute approximate surface area is 112 Å². The molecule has 0 saturated carbocycles. The molecule has 0 aromatic rings. The van der Waals surface area contributed by atoms with Crippen molar-refractivity contribution in [2.75, 3.05) is 6.61 Å². The van der Waals surface area contributed by atoms with E-state index >= 15 is 0 Å². The van der Waals surface area contributed by atoms with Crippen molar-refractivity contribution in [1.82, 2.24) is 0 Å². The Kier molecular flexibility index (Phi) is 8.82. The van der Waals surface area contributed by atoms with Gasteiger partial charge in [0.05, 0.1) is 6.61 Å². The molecule has 4 nitrogen and oxygen atoms in total. The highest BCUT2D eigenvalue weighted by atomic mass is 32.3. The van der Waals surface area contributed by atoms with Gasteiger partial charge in [0, 0.05) is 0 Å². The van der Waals surface area contributed by atoms with E-state index in [-0.39, 0.29) is 12.5 Å². The molecule has 0 heterocycles. The predicted molar refractivity (Wildman–Crippen MR) is 73.8 cm³/mol. The summed E-state index contributed by atoms with van der Waals surface area (Å²) >= 11 is 0. The van der Waals surface area contributed by atoms with Gasteiger partial charge in [0.2, 0.25) is 0 Å². The fraction of sp³-hybridized carbons (Fsp3) is 1.00. The van der Waals surface area contributed by atoms with Crippen LogP contribution in [0.2, 0.25) is 0 Å². The molecule has 5 heteroatoms. The Balaban J connectivity index is 3.60. The number of hydrogen-bond donors (Lipinski definition) is 1. The van der Waals surface area contributed by atoms with Gasteiger partial charge in [-0.1, -0.05) is 53.4 Å². The SMILES string of the molecule is CCC(C)C(C)CCCCC(C)COS(=O)(=O)O. The second-order valence-corrected chi connectivity index (χ2v) is 6.56. The maximum absolute atomic E-state index is 10.4. The van der Waals surface area contributed by atoms with Crippen LogP contribution >= 0.6 is 0 Å². The molecule has 3 unspecified atom stereocenters. The first-order valence-corrected chi connectivity index (χ1v) is 8.24. The molecule has 1 N–H and O–H groups in total. The van der Waals surface area contributed by atoms with Gasteiger partial charge in [-0.3, -0.25) is 4.55 Å². The molecule has 0 aliphatic rings. The number of unbranched alkanes of at least 4 members (excludes halogenated alkanes) is 1. The molecule has 0 fully saturated rings. The quantitative estimate of drug-likeness (QED) is 0.489. The molecule has 0 rings (SSSR count). The molecule has 0 bridgehead atoms.